The summed E-state index contributed by atoms with van der Waals surface area (Å²) in [5.41, 5.74) is 6.40. The normalized spacial score (nSPS) is 10.7. The minimum atomic E-state index is -3.02. The molecule has 0 aliphatic heterocycles. The summed E-state index contributed by atoms with van der Waals surface area (Å²) in [5.74, 6) is -1.39. The van der Waals surface area contributed by atoms with E-state index in [4.69, 9.17) is 5.73 Å². The maximum absolute atomic E-state index is 12.4. The van der Waals surface area contributed by atoms with Gasteiger partial charge in [-0.05, 0) is 37.6 Å². The average molecular weight is 340 g/mol. The third-order valence-corrected chi connectivity index (χ3v) is 4.12. The van der Waals surface area contributed by atoms with Crippen LogP contribution < -0.4 is 15.8 Å². The molecule has 0 atom stereocenters. The molecule has 0 radical (unpaired) electrons. The molecule has 0 aliphatic carbocycles. The number of carbonyl (C=O) groups is 2. The molecule has 122 valence electrons. The van der Waals surface area contributed by atoms with E-state index >= 15 is 0 Å². The number of thiophene rings is 1. The second-order valence-corrected chi connectivity index (χ2v) is 5.98. The molecule has 0 fully saturated rings. The number of alkyl halides is 2. The number of ether oxygens (including phenoxy) is 1. The van der Waals surface area contributed by atoms with E-state index in [-0.39, 0.29) is 16.2 Å². The largest absolute Gasteiger partial charge is 0.433 e. The van der Waals surface area contributed by atoms with Gasteiger partial charge in [-0.1, -0.05) is 6.07 Å². The number of primary amides is 1. The van der Waals surface area contributed by atoms with Gasteiger partial charge in [0, 0.05) is 16.1 Å². The Morgan fingerprint density at radius 2 is 2.00 bits per heavy atom. The first-order valence-electron chi connectivity index (χ1n) is 6.55. The number of nitrogens with two attached hydrogens (primary N) is 1. The lowest BCUT2D eigenvalue weighted by Gasteiger charge is -2.11. The zero-order valence-electron chi connectivity index (χ0n) is 12.4. The third-order valence-electron chi connectivity index (χ3n) is 3.09. The van der Waals surface area contributed by atoms with Crippen molar-refractivity contribution in [2.75, 3.05) is 5.32 Å². The van der Waals surface area contributed by atoms with Crippen LogP contribution in [0.4, 0.5) is 14.5 Å². The first-order chi connectivity index (χ1) is 10.8. The molecule has 2 amide bonds. The number of benzene rings is 1. The first-order valence-corrected chi connectivity index (χ1v) is 7.37. The Balaban J connectivity index is 2.30. The Morgan fingerprint density at radius 3 is 2.61 bits per heavy atom. The number of halogens is 2. The SMILES string of the molecule is Cc1cc(OC(F)F)c(C(=O)Nc2cccc(C(N)=O)c2C)s1. The summed E-state index contributed by atoms with van der Waals surface area (Å²) in [7, 11) is 0. The van der Waals surface area contributed by atoms with Crippen molar-refractivity contribution in [2.24, 2.45) is 5.73 Å². The van der Waals surface area contributed by atoms with E-state index in [0.29, 0.717) is 16.1 Å². The minimum Gasteiger partial charge on any atom is -0.433 e. The zero-order valence-corrected chi connectivity index (χ0v) is 13.2. The fourth-order valence-corrected chi connectivity index (χ4v) is 2.89. The van der Waals surface area contributed by atoms with Gasteiger partial charge in [-0.25, -0.2) is 0 Å². The Hall–Kier alpha value is -2.48. The summed E-state index contributed by atoms with van der Waals surface area (Å²) in [4.78, 5) is 24.3. The topological polar surface area (TPSA) is 81.4 Å². The molecule has 5 nitrogen and oxygen atoms in total. The van der Waals surface area contributed by atoms with Gasteiger partial charge in [0.05, 0.1) is 0 Å². The Kier molecular flexibility index (Phi) is 4.95. The number of amides is 2. The van der Waals surface area contributed by atoms with E-state index in [0.717, 1.165) is 11.3 Å². The highest BCUT2D eigenvalue weighted by Gasteiger charge is 2.20. The van der Waals surface area contributed by atoms with Crippen LogP contribution in [0.3, 0.4) is 0 Å². The summed E-state index contributed by atoms with van der Waals surface area (Å²) < 4.78 is 29.2. The number of carbonyl (C=O) groups excluding carboxylic acids is 2. The number of hydrogen-bond acceptors (Lipinski definition) is 4. The summed E-state index contributed by atoms with van der Waals surface area (Å²) in [6.45, 7) is 0.292. The summed E-state index contributed by atoms with van der Waals surface area (Å²) in [6.07, 6.45) is 0. The molecule has 1 aromatic heterocycles. The van der Waals surface area contributed by atoms with Crippen molar-refractivity contribution in [3.8, 4) is 5.75 Å². The molecular formula is C15H14F2N2O3S. The van der Waals surface area contributed by atoms with Crippen LogP contribution in [0.5, 0.6) is 5.75 Å². The molecule has 0 spiro atoms. The highest BCUT2D eigenvalue weighted by Crippen LogP contribution is 2.31. The Labute approximate surface area is 135 Å². The number of anilines is 1. The van der Waals surface area contributed by atoms with Gasteiger partial charge in [-0.3, -0.25) is 9.59 Å². The van der Waals surface area contributed by atoms with Crippen molar-refractivity contribution in [2.45, 2.75) is 20.5 Å². The molecule has 2 rings (SSSR count). The van der Waals surface area contributed by atoms with E-state index in [1.807, 2.05) is 0 Å². The van der Waals surface area contributed by atoms with Gasteiger partial charge in [0.15, 0.2) is 0 Å². The van der Waals surface area contributed by atoms with Crippen molar-refractivity contribution in [1.29, 1.82) is 0 Å². The number of hydrogen-bond donors (Lipinski definition) is 2. The molecule has 0 saturated heterocycles. The number of aryl methyl sites for hydroxylation is 1. The van der Waals surface area contributed by atoms with Gasteiger partial charge in [-0.15, -0.1) is 11.3 Å². The standard InChI is InChI=1S/C15H14F2N2O3S/c1-7-6-11(22-15(16)17)12(23-7)14(21)19-10-5-3-4-9(8(10)2)13(18)20/h3-6,15H,1-2H3,(H2,18,20)(H,19,21). The minimum absolute atomic E-state index is 0.0340. The van der Waals surface area contributed by atoms with Crippen LogP contribution in [-0.4, -0.2) is 18.4 Å². The molecule has 1 heterocycles. The van der Waals surface area contributed by atoms with E-state index in [2.05, 4.69) is 10.1 Å². The van der Waals surface area contributed by atoms with Crippen LogP contribution >= 0.6 is 11.3 Å². The van der Waals surface area contributed by atoms with Crippen molar-refractivity contribution in [3.63, 3.8) is 0 Å². The Bertz CT molecular complexity index is 759. The lowest BCUT2D eigenvalue weighted by Crippen LogP contribution is -2.17. The van der Waals surface area contributed by atoms with Gasteiger partial charge < -0.3 is 15.8 Å². The highest BCUT2D eigenvalue weighted by atomic mass is 32.1. The molecule has 3 N–H and O–H groups in total. The molecule has 8 heteroatoms. The van der Waals surface area contributed by atoms with Crippen molar-refractivity contribution < 1.29 is 23.1 Å². The molecule has 2 aromatic rings. The van der Waals surface area contributed by atoms with Crippen molar-refractivity contribution in [3.05, 3.63) is 45.1 Å². The lowest BCUT2D eigenvalue weighted by atomic mass is 10.1. The summed E-state index contributed by atoms with van der Waals surface area (Å²) >= 11 is 1.04. The highest BCUT2D eigenvalue weighted by molar-refractivity contribution is 7.14. The monoisotopic (exact) mass is 340 g/mol. The number of nitrogens with one attached hydrogen (secondary N) is 1. The van der Waals surface area contributed by atoms with Gasteiger partial charge >= 0.3 is 6.61 Å². The fourth-order valence-electron chi connectivity index (χ4n) is 2.05. The van der Waals surface area contributed by atoms with Gasteiger partial charge in [0.25, 0.3) is 5.91 Å². The van der Waals surface area contributed by atoms with Crippen molar-refractivity contribution >= 4 is 28.8 Å². The quantitative estimate of drug-likeness (QED) is 0.876. The molecule has 23 heavy (non-hydrogen) atoms. The molecule has 0 saturated carbocycles. The predicted molar refractivity (Wildman–Crippen MR) is 83.3 cm³/mol. The van der Waals surface area contributed by atoms with Gasteiger partial charge in [0.2, 0.25) is 5.91 Å². The van der Waals surface area contributed by atoms with Crippen LogP contribution in [0, 0.1) is 13.8 Å². The molecule has 0 unspecified atom stereocenters. The molecule has 0 aliphatic rings. The smallest absolute Gasteiger partial charge is 0.387 e. The molecular weight excluding hydrogens is 326 g/mol. The lowest BCUT2D eigenvalue weighted by molar-refractivity contribution is -0.0498. The van der Waals surface area contributed by atoms with Gasteiger partial charge in [0.1, 0.15) is 10.6 Å². The zero-order chi connectivity index (χ0) is 17.1. The van der Waals surface area contributed by atoms with E-state index in [1.165, 1.54) is 12.1 Å². The Morgan fingerprint density at radius 1 is 1.30 bits per heavy atom. The van der Waals surface area contributed by atoms with Crippen molar-refractivity contribution in [1.82, 2.24) is 0 Å². The van der Waals surface area contributed by atoms with Crippen LogP contribution in [0.25, 0.3) is 0 Å². The second kappa shape index (κ2) is 6.74. The number of rotatable bonds is 5. The molecule has 0 bridgehead atoms. The first kappa shape index (κ1) is 16.9. The van der Waals surface area contributed by atoms with E-state index in [1.54, 1.807) is 26.0 Å². The van der Waals surface area contributed by atoms with Gasteiger partial charge in [-0.2, -0.15) is 8.78 Å². The maximum atomic E-state index is 12.4. The van der Waals surface area contributed by atoms with E-state index < -0.39 is 18.4 Å². The predicted octanol–water partition coefficient (Wildman–Crippen LogP) is 3.32. The van der Waals surface area contributed by atoms with Crippen LogP contribution in [0.2, 0.25) is 0 Å². The van der Waals surface area contributed by atoms with Crippen LogP contribution in [-0.2, 0) is 0 Å². The van der Waals surface area contributed by atoms with E-state index in [9.17, 15) is 18.4 Å². The summed E-state index contributed by atoms with van der Waals surface area (Å²) in [5, 5.41) is 2.59. The maximum Gasteiger partial charge on any atom is 0.387 e. The summed E-state index contributed by atoms with van der Waals surface area (Å²) in [6, 6.07) is 6.07. The fraction of sp³-hybridized carbons (Fsp3) is 0.200. The van der Waals surface area contributed by atoms with Crippen LogP contribution in [0.15, 0.2) is 24.3 Å². The average Bonchev–Trinajstić information content (AvgIpc) is 2.80. The molecule has 1 aromatic carbocycles. The second-order valence-electron chi connectivity index (χ2n) is 4.73. The van der Waals surface area contributed by atoms with Crippen LogP contribution in [0.1, 0.15) is 30.5 Å². The third kappa shape index (κ3) is 3.84.